The van der Waals surface area contributed by atoms with Gasteiger partial charge in [-0.15, -0.1) is 11.8 Å². The monoisotopic (exact) mass is 287 g/mol. The third-order valence-corrected chi connectivity index (χ3v) is 5.86. The summed E-state index contributed by atoms with van der Waals surface area (Å²) in [5.74, 6) is 1.80. The summed E-state index contributed by atoms with van der Waals surface area (Å²) in [5, 5.41) is 10.3. The zero-order valence-electron chi connectivity index (χ0n) is 10.6. The van der Waals surface area contributed by atoms with Gasteiger partial charge >= 0.3 is 0 Å². The number of hydrogen-bond acceptors (Lipinski definition) is 2. The highest BCUT2D eigenvalue weighted by atomic mass is 35.5. The second-order valence-corrected chi connectivity index (χ2v) is 6.63. The van der Waals surface area contributed by atoms with E-state index < -0.39 is 0 Å². The molecule has 0 N–H and O–H groups in total. The minimum absolute atomic E-state index is 0.347. The second-order valence-electron chi connectivity index (χ2n) is 5.06. The highest BCUT2D eigenvalue weighted by molar-refractivity contribution is 7.99. The van der Waals surface area contributed by atoms with Gasteiger partial charge in [0.2, 0.25) is 0 Å². The van der Waals surface area contributed by atoms with E-state index in [1.165, 1.54) is 11.1 Å². The van der Waals surface area contributed by atoms with Crippen LogP contribution in [0, 0.1) is 17.2 Å². The SMILES string of the molecule is CC1c2ccc(C#N)cc2CSC2C(Cl)=CC=CC21. The number of allylic oxidation sites excluding steroid dienone is 3. The Morgan fingerprint density at radius 1 is 1.42 bits per heavy atom. The van der Waals surface area contributed by atoms with Crippen LogP contribution in [0.1, 0.15) is 29.5 Å². The molecule has 0 amide bonds. The van der Waals surface area contributed by atoms with Crippen molar-refractivity contribution >= 4 is 23.4 Å². The molecule has 3 unspecified atom stereocenters. The molecule has 1 aliphatic carbocycles. The highest BCUT2D eigenvalue weighted by Crippen LogP contribution is 2.46. The van der Waals surface area contributed by atoms with Crippen molar-refractivity contribution in [3.05, 3.63) is 58.1 Å². The molecular formula is C16H14ClNS. The number of nitriles is 1. The van der Waals surface area contributed by atoms with Gasteiger partial charge in [0.1, 0.15) is 0 Å². The van der Waals surface area contributed by atoms with E-state index in [1.807, 2.05) is 30.0 Å². The smallest absolute Gasteiger partial charge is 0.0991 e. The summed E-state index contributed by atoms with van der Waals surface area (Å²) in [6, 6.07) is 8.28. The summed E-state index contributed by atoms with van der Waals surface area (Å²) in [5.41, 5.74) is 3.38. The molecule has 1 aliphatic heterocycles. The number of rotatable bonds is 0. The summed E-state index contributed by atoms with van der Waals surface area (Å²) in [6.45, 7) is 2.26. The molecule has 0 spiro atoms. The average molecular weight is 288 g/mol. The maximum Gasteiger partial charge on any atom is 0.0991 e. The molecule has 3 heteroatoms. The number of hydrogen-bond donors (Lipinski definition) is 0. The lowest BCUT2D eigenvalue weighted by molar-refractivity contribution is 0.553. The number of fused-ring (bicyclic) bond motifs is 2. The Hall–Kier alpha value is -1.17. The molecule has 0 fully saturated rings. The third kappa shape index (κ3) is 2.22. The van der Waals surface area contributed by atoms with Gasteiger partial charge < -0.3 is 0 Å². The van der Waals surface area contributed by atoms with E-state index in [-0.39, 0.29) is 0 Å². The average Bonchev–Trinajstić information content (AvgIpc) is 2.57. The van der Waals surface area contributed by atoms with Crippen LogP contribution in [0.4, 0.5) is 0 Å². The first-order valence-electron chi connectivity index (χ1n) is 6.39. The van der Waals surface area contributed by atoms with Crippen LogP contribution in [-0.4, -0.2) is 5.25 Å². The maximum atomic E-state index is 9.03. The molecule has 96 valence electrons. The van der Waals surface area contributed by atoms with Crippen LogP contribution in [0.25, 0.3) is 0 Å². The van der Waals surface area contributed by atoms with E-state index in [0.717, 1.165) is 16.3 Å². The molecule has 1 aromatic rings. The molecule has 1 nitrogen and oxygen atoms in total. The molecule has 3 atom stereocenters. The molecule has 0 saturated carbocycles. The summed E-state index contributed by atoms with van der Waals surface area (Å²) < 4.78 is 0. The number of benzene rings is 1. The van der Waals surface area contributed by atoms with Crippen molar-refractivity contribution in [2.24, 2.45) is 5.92 Å². The topological polar surface area (TPSA) is 23.8 Å². The first-order chi connectivity index (χ1) is 9.20. The Labute approximate surface area is 123 Å². The van der Waals surface area contributed by atoms with Gasteiger partial charge in [-0.3, -0.25) is 0 Å². The largest absolute Gasteiger partial charge is 0.192 e. The van der Waals surface area contributed by atoms with Crippen molar-refractivity contribution in [2.45, 2.75) is 23.8 Å². The van der Waals surface area contributed by atoms with E-state index in [4.69, 9.17) is 16.9 Å². The van der Waals surface area contributed by atoms with Gasteiger partial charge in [-0.2, -0.15) is 5.26 Å². The Morgan fingerprint density at radius 2 is 2.26 bits per heavy atom. The zero-order chi connectivity index (χ0) is 13.4. The van der Waals surface area contributed by atoms with Gasteiger partial charge in [0.15, 0.2) is 0 Å². The predicted molar refractivity (Wildman–Crippen MR) is 81.2 cm³/mol. The molecule has 0 bridgehead atoms. The van der Waals surface area contributed by atoms with Crippen LogP contribution < -0.4 is 0 Å². The van der Waals surface area contributed by atoms with Crippen LogP contribution >= 0.6 is 23.4 Å². The number of halogens is 1. The summed E-state index contributed by atoms with van der Waals surface area (Å²) in [4.78, 5) is 0. The lowest BCUT2D eigenvalue weighted by Crippen LogP contribution is -2.22. The second kappa shape index (κ2) is 5.07. The van der Waals surface area contributed by atoms with E-state index in [0.29, 0.717) is 17.1 Å². The molecule has 0 saturated heterocycles. The molecule has 3 rings (SSSR count). The zero-order valence-corrected chi connectivity index (χ0v) is 12.2. The van der Waals surface area contributed by atoms with Gasteiger partial charge in [0, 0.05) is 22.0 Å². The first-order valence-corrected chi connectivity index (χ1v) is 7.82. The predicted octanol–water partition coefficient (Wildman–Crippen LogP) is 4.59. The van der Waals surface area contributed by atoms with Crippen LogP contribution in [0.2, 0.25) is 0 Å². The van der Waals surface area contributed by atoms with E-state index >= 15 is 0 Å². The standard InChI is InChI=1S/C16H14ClNS/c1-10-13-6-5-11(8-18)7-12(13)9-19-16-14(10)3-2-4-15(16)17/h2-7,10,14,16H,9H2,1H3. The molecule has 1 heterocycles. The summed E-state index contributed by atoms with van der Waals surface area (Å²) >= 11 is 8.25. The minimum Gasteiger partial charge on any atom is -0.192 e. The van der Waals surface area contributed by atoms with Crippen molar-refractivity contribution in [3.8, 4) is 6.07 Å². The fourth-order valence-corrected chi connectivity index (χ4v) is 4.71. The van der Waals surface area contributed by atoms with Crippen LogP contribution in [-0.2, 0) is 5.75 Å². The Kier molecular flexibility index (Phi) is 3.43. The number of thioether (sulfide) groups is 1. The Balaban J connectivity index is 2.04. The van der Waals surface area contributed by atoms with Crippen molar-refractivity contribution in [1.82, 2.24) is 0 Å². The lowest BCUT2D eigenvalue weighted by atomic mass is 9.81. The van der Waals surface area contributed by atoms with E-state index in [2.05, 4.69) is 31.2 Å². The van der Waals surface area contributed by atoms with Crippen molar-refractivity contribution in [3.63, 3.8) is 0 Å². The van der Waals surface area contributed by atoms with Crippen LogP contribution in [0.15, 0.2) is 41.5 Å². The molecular weight excluding hydrogens is 274 g/mol. The van der Waals surface area contributed by atoms with Crippen LogP contribution in [0.5, 0.6) is 0 Å². The molecule has 1 aromatic carbocycles. The molecule has 19 heavy (non-hydrogen) atoms. The molecule has 0 aromatic heterocycles. The number of nitrogens with zero attached hydrogens (tertiary/aromatic N) is 1. The summed E-state index contributed by atoms with van der Waals surface area (Å²) in [7, 11) is 0. The van der Waals surface area contributed by atoms with Crippen molar-refractivity contribution < 1.29 is 0 Å². The minimum atomic E-state index is 0.347. The van der Waals surface area contributed by atoms with Gasteiger partial charge in [0.05, 0.1) is 11.6 Å². The van der Waals surface area contributed by atoms with Gasteiger partial charge in [-0.1, -0.05) is 36.7 Å². The maximum absolute atomic E-state index is 9.03. The Bertz CT molecular complexity index is 612. The molecule has 0 radical (unpaired) electrons. The summed E-state index contributed by atoms with van der Waals surface area (Å²) in [6.07, 6.45) is 6.33. The highest BCUT2D eigenvalue weighted by Gasteiger charge is 2.33. The van der Waals surface area contributed by atoms with Crippen LogP contribution in [0.3, 0.4) is 0 Å². The van der Waals surface area contributed by atoms with Gasteiger partial charge in [-0.05, 0) is 35.3 Å². The quantitative estimate of drug-likeness (QED) is 0.697. The fourth-order valence-electron chi connectivity index (χ4n) is 2.91. The van der Waals surface area contributed by atoms with E-state index in [9.17, 15) is 0 Å². The Morgan fingerprint density at radius 3 is 3.05 bits per heavy atom. The first kappa shape index (κ1) is 12.8. The lowest BCUT2D eigenvalue weighted by Gasteiger charge is -2.28. The van der Waals surface area contributed by atoms with Gasteiger partial charge in [0.25, 0.3) is 0 Å². The normalized spacial score (nSPS) is 28.7. The molecule has 2 aliphatic rings. The third-order valence-electron chi connectivity index (χ3n) is 3.97. The van der Waals surface area contributed by atoms with Crippen molar-refractivity contribution in [2.75, 3.05) is 0 Å². The fraction of sp³-hybridized carbons (Fsp3) is 0.312. The van der Waals surface area contributed by atoms with Crippen molar-refractivity contribution in [1.29, 1.82) is 5.26 Å². The van der Waals surface area contributed by atoms with Gasteiger partial charge in [-0.25, -0.2) is 0 Å². The van der Waals surface area contributed by atoms with E-state index in [1.54, 1.807) is 0 Å².